The van der Waals surface area contributed by atoms with Crippen molar-refractivity contribution in [3.63, 3.8) is 0 Å². The Morgan fingerprint density at radius 2 is 1.91 bits per heavy atom. The van der Waals surface area contributed by atoms with Crippen LogP contribution in [0.25, 0.3) is 0 Å². The number of esters is 2. The molecule has 0 spiro atoms. The Balaban J connectivity index is 1.82. The van der Waals surface area contributed by atoms with Crippen molar-refractivity contribution in [2.24, 2.45) is 0 Å². The number of amides is 2. The molecule has 3 atom stereocenters. The molecule has 1 aromatic rings. The number of carbonyl (C=O) groups is 3. The van der Waals surface area contributed by atoms with Crippen LogP contribution in [0.4, 0.5) is 4.79 Å². The lowest BCUT2D eigenvalue weighted by Gasteiger charge is -2.27. The molecule has 1 fully saturated rings. The zero-order valence-electron chi connectivity index (χ0n) is 19.5. The minimum atomic E-state index is -4.09. The molecule has 0 saturated carbocycles. The number of ether oxygens (including phenoxy) is 2. The van der Waals surface area contributed by atoms with E-state index in [0.29, 0.717) is 0 Å². The fourth-order valence-corrected chi connectivity index (χ4v) is 5.62. The molecule has 1 aromatic carbocycles. The monoisotopic (exact) mass is 495 g/mol. The fourth-order valence-electron chi connectivity index (χ4n) is 3.91. The number of hydrogen-bond acceptors (Lipinski definition) is 8. The molecule has 3 N–H and O–H groups in total. The number of rotatable bonds is 7. The maximum atomic E-state index is 13.2. The number of hydrogen-bond donors (Lipinski definition) is 3. The van der Waals surface area contributed by atoms with Crippen LogP contribution in [-0.4, -0.2) is 73.7 Å². The van der Waals surface area contributed by atoms with Gasteiger partial charge in [0.25, 0.3) is 0 Å². The summed E-state index contributed by atoms with van der Waals surface area (Å²) in [6, 6.07) is 2.11. The maximum Gasteiger partial charge on any atom is 0.338 e. The van der Waals surface area contributed by atoms with Crippen LogP contribution < -0.4 is 10.6 Å². The van der Waals surface area contributed by atoms with Crippen LogP contribution in [0.2, 0.25) is 0 Å². The van der Waals surface area contributed by atoms with E-state index >= 15 is 0 Å². The summed E-state index contributed by atoms with van der Waals surface area (Å²) in [5.74, 6) is -1.58. The van der Waals surface area contributed by atoms with Gasteiger partial charge >= 0.3 is 18.0 Å². The minimum Gasteiger partial charge on any atom is -0.463 e. The molecule has 2 aliphatic heterocycles. The second-order valence-electron chi connectivity index (χ2n) is 8.27. The predicted octanol–water partition coefficient (Wildman–Crippen LogP) is 0.489. The third-order valence-electron chi connectivity index (χ3n) is 5.81. The Morgan fingerprint density at radius 1 is 1.21 bits per heavy atom. The van der Waals surface area contributed by atoms with Gasteiger partial charge in [-0.25, -0.2) is 18.0 Å². The van der Waals surface area contributed by atoms with Crippen molar-refractivity contribution in [1.29, 1.82) is 0 Å². The summed E-state index contributed by atoms with van der Waals surface area (Å²) < 4.78 is 37.7. The van der Waals surface area contributed by atoms with E-state index in [9.17, 15) is 27.9 Å². The summed E-state index contributed by atoms with van der Waals surface area (Å²) >= 11 is 0. The Hall–Kier alpha value is -2.96. The van der Waals surface area contributed by atoms with Gasteiger partial charge in [-0.05, 0) is 51.0 Å². The van der Waals surface area contributed by atoms with Gasteiger partial charge in [0.15, 0.2) is 0 Å². The summed E-state index contributed by atoms with van der Waals surface area (Å²) in [7, 11) is -4.09. The van der Waals surface area contributed by atoms with Crippen LogP contribution in [0.1, 0.15) is 31.4 Å². The van der Waals surface area contributed by atoms with Crippen molar-refractivity contribution in [3.8, 4) is 0 Å². The van der Waals surface area contributed by atoms with Gasteiger partial charge in [-0.1, -0.05) is 6.07 Å². The van der Waals surface area contributed by atoms with Crippen LogP contribution in [-0.2, 0) is 29.1 Å². The zero-order chi connectivity index (χ0) is 25.2. The molecule has 1 saturated heterocycles. The third kappa shape index (κ3) is 5.24. The van der Waals surface area contributed by atoms with Gasteiger partial charge in [-0.2, -0.15) is 4.31 Å². The van der Waals surface area contributed by atoms with Gasteiger partial charge < -0.3 is 25.2 Å². The molecule has 0 bridgehead atoms. The van der Waals surface area contributed by atoms with Crippen molar-refractivity contribution in [2.45, 2.75) is 57.2 Å². The molecule has 3 rings (SSSR count). The minimum absolute atomic E-state index is 0.00856. The van der Waals surface area contributed by atoms with E-state index in [1.165, 1.54) is 12.1 Å². The molecule has 11 nitrogen and oxygen atoms in total. The molecule has 2 aliphatic rings. The summed E-state index contributed by atoms with van der Waals surface area (Å²) in [5.41, 5.74) is 1.83. The number of carbonyl (C=O) groups excluding carboxylic acids is 3. The van der Waals surface area contributed by atoms with Crippen LogP contribution in [0.5, 0.6) is 0 Å². The highest BCUT2D eigenvalue weighted by Crippen LogP contribution is 2.28. The van der Waals surface area contributed by atoms with E-state index in [-0.39, 0.29) is 35.7 Å². The normalized spacial score (nSPS) is 23.3. The summed E-state index contributed by atoms with van der Waals surface area (Å²) in [6.45, 7) is 6.22. The van der Waals surface area contributed by atoms with Crippen molar-refractivity contribution >= 4 is 28.0 Å². The molecule has 0 aliphatic carbocycles. The van der Waals surface area contributed by atoms with Gasteiger partial charge in [0, 0.05) is 13.0 Å². The number of sulfonamides is 1. The van der Waals surface area contributed by atoms with Crippen molar-refractivity contribution in [1.82, 2.24) is 14.9 Å². The number of aliphatic hydroxyl groups excluding tert-OH is 1. The van der Waals surface area contributed by atoms with Gasteiger partial charge in [0.1, 0.15) is 12.6 Å². The smallest absolute Gasteiger partial charge is 0.338 e. The number of aliphatic hydroxyl groups is 1. The molecule has 3 unspecified atom stereocenters. The Kier molecular flexibility index (Phi) is 7.64. The molecule has 0 radical (unpaired) electrons. The Labute approximate surface area is 198 Å². The largest absolute Gasteiger partial charge is 0.463 e. The highest BCUT2D eigenvalue weighted by molar-refractivity contribution is 7.89. The lowest BCUT2D eigenvalue weighted by molar-refractivity contribution is -0.147. The molecule has 34 heavy (non-hydrogen) atoms. The zero-order valence-corrected chi connectivity index (χ0v) is 20.3. The van der Waals surface area contributed by atoms with Gasteiger partial charge in [-0.15, -0.1) is 0 Å². The number of urea groups is 1. The second kappa shape index (κ2) is 10.1. The number of β-amino-alcohol motifs (C(OH)–C–C–N with tert-alkyl or cyclic N) is 1. The predicted molar refractivity (Wildman–Crippen MR) is 120 cm³/mol. The first-order chi connectivity index (χ1) is 15.9. The summed E-state index contributed by atoms with van der Waals surface area (Å²) in [6.07, 6.45) is -1.19. The van der Waals surface area contributed by atoms with Crippen molar-refractivity contribution in [3.05, 3.63) is 40.6 Å². The number of nitrogens with zero attached hydrogens (tertiary/aromatic N) is 1. The van der Waals surface area contributed by atoms with Crippen molar-refractivity contribution < 1.29 is 37.4 Å². The quantitative estimate of drug-likeness (QED) is 0.462. The first kappa shape index (κ1) is 25.7. The van der Waals surface area contributed by atoms with Crippen LogP contribution >= 0.6 is 0 Å². The van der Waals surface area contributed by atoms with E-state index in [0.717, 1.165) is 15.4 Å². The molecule has 12 heteroatoms. The Bertz CT molecular complexity index is 1130. The molecular weight excluding hydrogens is 466 g/mol. The first-order valence-corrected chi connectivity index (χ1v) is 12.3. The maximum absolute atomic E-state index is 13.2. The lowest BCUT2D eigenvalue weighted by Crippen LogP contribution is -2.50. The number of aryl methyl sites for hydroxylation is 2. The number of benzene rings is 1. The highest BCUT2D eigenvalue weighted by Gasteiger charge is 2.44. The van der Waals surface area contributed by atoms with Gasteiger partial charge in [0.2, 0.25) is 10.0 Å². The average molecular weight is 496 g/mol. The lowest BCUT2D eigenvalue weighted by atomic mass is 10.0. The topological polar surface area (TPSA) is 151 Å². The van der Waals surface area contributed by atoms with Gasteiger partial charge in [0.05, 0.1) is 34.9 Å². The van der Waals surface area contributed by atoms with E-state index in [4.69, 9.17) is 9.47 Å². The first-order valence-electron chi connectivity index (χ1n) is 10.9. The van der Waals surface area contributed by atoms with E-state index in [1.54, 1.807) is 26.8 Å². The van der Waals surface area contributed by atoms with Crippen molar-refractivity contribution in [2.75, 3.05) is 19.8 Å². The fraction of sp³-hybridized carbons (Fsp3) is 0.500. The Morgan fingerprint density at radius 3 is 2.56 bits per heavy atom. The van der Waals surface area contributed by atoms with E-state index < -0.39 is 52.8 Å². The van der Waals surface area contributed by atoms with E-state index in [1.807, 2.05) is 6.92 Å². The summed E-state index contributed by atoms with van der Waals surface area (Å²) in [4.78, 5) is 37.1. The molecule has 2 heterocycles. The third-order valence-corrected chi connectivity index (χ3v) is 7.69. The number of nitrogens with one attached hydrogen (secondary N) is 2. The molecule has 2 amide bonds. The van der Waals surface area contributed by atoms with E-state index in [2.05, 4.69) is 10.6 Å². The highest BCUT2D eigenvalue weighted by atomic mass is 32.2. The second-order valence-corrected chi connectivity index (χ2v) is 10.2. The average Bonchev–Trinajstić information content (AvgIpc) is 3.16. The SMILES string of the molecule is CCOC(=O)C1=C(COC(=O)C2CC(O)CN2S(=O)(=O)c2ccc(C)c(C)c2)NC(=O)NC1C. The molecular formula is C22H29N3O8S. The summed E-state index contributed by atoms with van der Waals surface area (Å²) in [5, 5.41) is 15.1. The molecule has 0 aromatic heterocycles. The molecule has 186 valence electrons. The van der Waals surface area contributed by atoms with Crippen LogP contribution in [0.15, 0.2) is 34.4 Å². The van der Waals surface area contributed by atoms with Crippen LogP contribution in [0, 0.1) is 13.8 Å². The van der Waals surface area contributed by atoms with Gasteiger partial charge in [-0.3, -0.25) is 4.79 Å². The standard InChI is InChI=1S/C22H29N3O8S/c1-5-32-21(28)19-14(4)23-22(29)24-17(19)11-33-20(27)18-9-15(26)10-25(18)34(30,31)16-7-6-12(2)13(3)8-16/h6-8,14-15,18,26H,5,9-11H2,1-4H3,(H2,23,24,29). The van der Waals surface area contributed by atoms with Crippen LogP contribution in [0.3, 0.4) is 0 Å².